The first-order valence-electron chi connectivity index (χ1n) is 8.96. The van der Waals surface area contributed by atoms with E-state index in [9.17, 15) is 0 Å². The number of hydrogen-bond acceptors (Lipinski definition) is 6. The first kappa shape index (κ1) is 17.1. The molecule has 2 aromatic heterocycles. The summed E-state index contributed by atoms with van der Waals surface area (Å²) < 4.78 is 0. The third-order valence-corrected chi connectivity index (χ3v) is 4.64. The van der Waals surface area contributed by atoms with Crippen LogP contribution in [-0.4, -0.2) is 25.6 Å². The highest BCUT2D eigenvalue weighted by atomic mass is 35.5. The van der Waals surface area contributed by atoms with Crippen molar-refractivity contribution in [3.8, 4) is 11.5 Å². The van der Waals surface area contributed by atoms with Crippen molar-refractivity contribution in [2.75, 3.05) is 5.32 Å². The first-order valence-corrected chi connectivity index (χ1v) is 9.34. The van der Waals surface area contributed by atoms with Crippen molar-refractivity contribution in [1.82, 2.24) is 19.9 Å². The lowest BCUT2D eigenvalue weighted by Gasteiger charge is -2.08. The largest absolute Gasteiger partial charge is 0.328 e. The van der Waals surface area contributed by atoms with Crippen LogP contribution in [0.25, 0.3) is 11.5 Å². The molecule has 134 valence electrons. The molecule has 2 aliphatic carbocycles. The van der Waals surface area contributed by atoms with Gasteiger partial charge in [0.25, 0.3) is 5.95 Å². The quantitative estimate of drug-likeness (QED) is 0.584. The molecule has 2 aliphatic rings. The Balaban J connectivity index is 1.69. The Morgan fingerprint density at radius 1 is 1.12 bits per heavy atom. The van der Waals surface area contributed by atoms with Gasteiger partial charge in [-0.25, -0.2) is 9.98 Å². The van der Waals surface area contributed by atoms with Gasteiger partial charge < -0.3 is 5.32 Å². The van der Waals surface area contributed by atoms with Gasteiger partial charge in [0.05, 0.1) is 0 Å². The minimum absolute atomic E-state index is 0.404. The van der Waals surface area contributed by atoms with Gasteiger partial charge in [-0.15, -0.1) is 0 Å². The molecule has 0 unspecified atom stereocenters. The van der Waals surface area contributed by atoms with Crippen LogP contribution in [0.15, 0.2) is 35.0 Å². The number of nitrogens with one attached hydrogen (secondary N) is 1. The second kappa shape index (κ2) is 7.11. The highest BCUT2D eigenvalue weighted by Gasteiger charge is 2.25. The van der Waals surface area contributed by atoms with Crippen molar-refractivity contribution < 1.29 is 0 Å². The molecule has 0 aliphatic heterocycles. The van der Waals surface area contributed by atoms with E-state index in [4.69, 9.17) is 11.6 Å². The smallest absolute Gasteiger partial charge is 0.254 e. The van der Waals surface area contributed by atoms with E-state index in [1.165, 1.54) is 25.7 Å². The van der Waals surface area contributed by atoms with E-state index in [-0.39, 0.29) is 0 Å². The molecular formula is C19H21ClN6. The number of pyridine rings is 1. The van der Waals surface area contributed by atoms with Crippen LogP contribution < -0.4 is 5.32 Å². The van der Waals surface area contributed by atoms with Crippen LogP contribution in [0, 0.1) is 11.8 Å². The zero-order chi connectivity index (χ0) is 18.1. The summed E-state index contributed by atoms with van der Waals surface area (Å²) in [4.78, 5) is 22.4. The Labute approximate surface area is 157 Å². The molecule has 0 spiro atoms. The minimum atomic E-state index is 0.404. The van der Waals surface area contributed by atoms with E-state index in [0.29, 0.717) is 40.4 Å². The molecule has 4 rings (SSSR count). The predicted molar refractivity (Wildman–Crippen MR) is 104 cm³/mol. The summed E-state index contributed by atoms with van der Waals surface area (Å²) in [5.74, 6) is 2.59. The lowest BCUT2D eigenvalue weighted by molar-refractivity contribution is 1.01. The molecule has 0 bridgehead atoms. The molecular weight excluding hydrogens is 348 g/mol. The Morgan fingerprint density at radius 3 is 2.62 bits per heavy atom. The minimum Gasteiger partial charge on any atom is -0.328 e. The third kappa shape index (κ3) is 4.43. The van der Waals surface area contributed by atoms with Crippen LogP contribution in [0.5, 0.6) is 0 Å². The van der Waals surface area contributed by atoms with Crippen LogP contribution in [-0.2, 0) is 0 Å². The first-order chi connectivity index (χ1) is 12.6. The van der Waals surface area contributed by atoms with Gasteiger partial charge in [0.15, 0.2) is 5.82 Å². The molecule has 2 fully saturated rings. The second-order valence-corrected chi connectivity index (χ2v) is 7.35. The van der Waals surface area contributed by atoms with Crippen molar-refractivity contribution in [1.29, 1.82) is 0 Å². The van der Waals surface area contributed by atoms with Gasteiger partial charge in [0, 0.05) is 11.4 Å². The van der Waals surface area contributed by atoms with Gasteiger partial charge in [0.2, 0.25) is 5.95 Å². The predicted octanol–water partition coefficient (Wildman–Crippen LogP) is 4.82. The van der Waals surface area contributed by atoms with Gasteiger partial charge in [-0.1, -0.05) is 23.7 Å². The fourth-order valence-electron chi connectivity index (χ4n) is 2.70. The van der Waals surface area contributed by atoms with Crippen LogP contribution in [0.3, 0.4) is 0 Å². The molecule has 26 heavy (non-hydrogen) atoms. The zero-order valence-corrected chi connectivity index (χ0v) is 15.7. The van der Waals surface area contributed by atoms with Crippen molar-refractivity contribution >= 4 is 29.2 Å². The summed E-state index contributed by atoms with van der Waals surface area (Å²) in [6.07, 6.45) is 7.11. The fraction of sp³-hybridized carbons (Fsp3) is 0.421. The second-order valence-electron chi connectivity index (χ2n) is 6.97. The van der Waals surface area contributed by atoms with Crippen molar-refractivity contribution in [3.63, 3.8) is 0 Å². The molecule has 0 saturated heterocycles. The maximum atomic E-state index is 6.02. The van der Waals surface area contributed by atoms with Crippen molar-refractivity contribution in [2.45, 2.75) is 39.5 Å². The van der Waals surface area contributed by atoms with Gasteiger partial charge in [0.1, 0.15) is 10.8 Å². The molecule has 2 saturated carbocycles. The third-order valence-electron chi connectivity index (χ3n) is 4.43. The highest BCUT2D eigenvalue weighted by Crippen LogP contribution is 2.32. The number of nitrogens with zero attached hydrogens (tertiary/aromatic N) is 5. The van der Waals surface area contributed by atoms with E-state index < -0.39 is 0 Å². The number of aliphatic imine (C=N–C) groups is 1. The van der Waals surface area contributed by atoms with E-state index in [1.807, 2.05) is 26.0 Å². The summed E-state index contributed by atoms with van der Waals surface area (Å²) in [6.45, 7) is 4.06. The molecule has 0 aromatic carbocycles. The van der Waals surface area contributed by atoms with E-state index in [0.717, 1.165) is 11.4 Å². The van der Waals surface area contributed by atoms with Crippen LogP contribution in [0.2, 0.25) is 5.15 Å². The molecule has 0 amide bonds. The van der Waals surface area contributed by atoms with Crippen LogP contribution in [0.1, 0.15) is 39.5 Å². The number of anilines is 1. The SMILES string of the molecule is CC(=CC1CC1)Nc1nc(/N=C(\C)C2CC2)nc(-c2cccc(Cl)n2)n1. The molecule has 6 nitrogen and oxygen atoms in total. The molecule has 7 heteroatoms. The normalized spacial score (nSPS) is 18.1. The lowest BCUT2D eigenvalue weighted by atomic mass is 10.3. The average molecular weight is 369 g/mol. The van der Waals surface area contributed by atoms with E-state index in [2.05, 4.69) is 36.3 Å². The topological polar surface area (TPSA) is 76.0 Å². The molecule has 2 heterocycles. The Hall–Kier alpha value is -2.34. The summed E-state index contributed by atoms with van der Waals surface area (Å²) in [7, 11) is 0. The van der Waals surface area contributed by atoms with Crippen LogP contribution >= 0.6 is 11.6 Å². The summed E-state index contributed by atoms with van der Waals surface area (Å²) in [5, 5.41) is 3.67. The number of aromatic nitrogens is 4. The van der Waals surface area contributed by atoms with Gasteiger partial charge >= 0.3 is 0 Å². The Morgan fingerprint density at radius 2 is 1.92 bits per heavy atom. The number of halogens is 1. The summed E-state index contributed by atoms with van der Waals surface area (Å²) in [6, 6.07) is 5.39. The highest BCUT2D eigenvalue weighted by molar-refractivity contribution is 6.29. The maximum Gasteiger partial charge on any atom is 0.254 e. The van der Waals surface area contributed by atoms with E-state index in [1.54, 1.807) is 6.07 Å². The Kier molecular flexibility index (Phi) is 4.68. The number of allylic oxidation sites excluding steroid dienone is 2. The number of rotatable bonds is 6. The number of hydrogen-bond donors (Lipinski definition) is 1. The summed E-state index contributed by atoms with van der Waals surface area (Å²) in [5.41, 5.74) is 2.71. The van der Waals surface area contributed by atoms with Gasteiger partial charge in [-0.2, -0.15) is 15.0 Å². The molecule has 1 N–H and O–H groups in total. The van der Waals surface area contributed by atoms with Crippen molar-refractivity contribution in [3.05, 3.63) is 35.1 Å². The molecule has 0 atom stereocenters. The monoisotopic (exact) mass is 368 g/mol. The van der Waals surface area contributed by atoms with E-state index >= 15 is 0 Å². The molecule has 2 aromatic rings. The fourth-order valence-corrected chi connectivity index (χ4v) is 2.87. The Bertz CT molecular complexity index is 883. The van der Waals surface area contributed by atoms with Gasteiger partial charge in [-0.3, -0.25) is 0 Å². The maximum absolute atomic E-state index is 6.02. The summed E-state index contributed by atoms with van der Waals surface area (Å²) >= 11 is 6.02. The standard InChI is InChI=1S/C19H21ClN6/c1-11(10-13-6-7-13)21-18-24-17(15-4-3-5-16(20)23-15)25-19(26-18)22-12(2)14-8-9-14/h3-5,10,13-14H,6-9H2,1-2H3,(H,21,24,25,26)/b11-10?,22-12+. The van der Waals surface area contributed by atoms with Crippen LogP contribution in [0.4, 0.5) is 11.9 Å². The molecule has 0 radical (unpaired) electrons. The van der Waals surface area contributed by atoms with Crippen molar-refractivity contribution in [2.24, 2.45) is 16.8 Å². The lowest BCUT2D eigenvalue weighted by Crippen LogP contribution is -2.05. The van der Waals surface area contributed by atoms with Gasteiger partial charge in [-0.05, 0) is 63.5 Å². The average Bonchev–Trinajstić information content (AvgIpc) is 3.48. The zero-order valence-electron chi connectivity index (χ0n) is 14.9.